The highest BCUT2D eigenvalue weighted by atomic mass is 35.5. The van der Waals surface area contributed by atoms with Crippen LogP contribution in [-0.4, -0.2) is 49.9 Å². The van der Waals surface area contributed by atoms with E-state index in [9.17, 15) is 18.0 Å². The number of hydrogen-bond acceptors (Lipinski definition) is 5. The predicted octanol–water partition coefficient (Wildman–Crippen LogP) is 6.57. The number of halogens is 3. The molecule has 1 atom stereocenters. The standard InChI is InChI=1S/C30H34Cl3N3O5S/c1-6-41-23-14-12-22(13-15-23)36(42(39,40)24-16-10-21(31)11-17-24)19-28(37)35(20(2)29(38)34-30(3,4)5)18-25-26(32)8-7-9-27(25)33/h7-17,20H,6,18-19H2,1-5H3,(H,34,38)/t20-/m1/s1. The normalized spacial score (nSPS) is 12.4. The van der Waals surface area contributed by atoms with Crippen LogP contribution in [0.15, 0.2) is 71.6 Å². The number of ether oxygens (including phenoxy) is 1. The summed E-state index contributed by atoms with van der Waals surface area (Å²) in [5, 5.41) is 3.85. The smallest absolute Gasteiger partial charge is 0.264 e. The van der Waals surface area contributed by atoms with E-state index in [1.54, 1.807) is 49.4 Å². The second-order valence-corrected chi connectivity index (χ2v) is 13.6. The first-order valence-corrected chi connectivity index (χ1v) is 15.8. The lowest BCUT2D eigenvalue weighted by atomic mass is 10.1. The maximum Gasteiger partial charge on any atom is 0.264 e. The highest BCUT2D eigenvalue weighted by Gasteiger charge is 2.34. The summed E-state index contributed by atoms with van der Waals surface area (Å²) in [4.78, 5) is 28.5. The lowest BCUT2D eigenvalue weighted by Crippen LogP contribution is -2.54. The van der Waals surface area contributed by atoms with Gasteiger partial charge < -0.3 is 15.0 Å². The molecule has 0 radical (unpaired) electrons. The van der Waals surface area contributed by atoms with E-state index in [1.165, 1.54) is 29.2 Å². The summed E-state index contributed by atoms with van der Waals surface area (Å²) >= 11 is 18.9. The fraction of sp³-hybridized carbons (Fsp3) is 0.333. The van der Waals surface area contributed by atoms with Crippen molar-refractivity contribution in [3.8, 4) is 5.75 Å². The summed E-state index contributed by atoms with van der Waals surface area (Å²) in [6, 6.07) is 15.9. The number of carbonyl (C=O) groups excluding carboxylic acids is 2. The Labute approximate surface area is 262 Å². The summed E-state index contributed by atoms with van der Waals surface area (Å²) in [5.74, 6) is -0.528. The van der Waals surface area contributed by atoms with Gasteiger partial charge in [-0.15, -0.1) is 0 Å². The van der Waals surface area contributed by atoms with Crippen LogP contribution in [0, 0.1) is 0 Å². The van der Waals surface area contributed by atoms with Crippen molar-refractivity contribution in [2.75, 3.05) is 17.5 Å². The highest BCUT2D eigenvalue weighted by molar-refractivity contribution is 7.92. The van der Waals surface area contributed by atoms with Crippen LogP contribution in [0.2, 0.25) is 15.1 Å². The van der Waals surface area contributed by atoms with E-state index in [2.05, 4.69) is 5.32 Å². The van der Waals surface area contributed by atoms with Crippen molar-refractivity contribution in [1.82, 2.24) is 10.2 Å². The number of benzene rings is 3. The van der Waals surface area contributed by atoms with Gasteiger partial charge in [-0.25, -0.2) is 8.42 Å². The van der Waals surface area contributed by atoms with Crippen molar-refractivity contribution < 1.29 is 22.7 Å². The Hall–Kier alpha value is -2.98. The van der Waals surface area contributed by atoms with Gasteiger partial charge in [0.2, 0.25) is 11.8 Å². The van der Waals surface area contributed by atoms with Gasteiger partial charge in [0.25, 0.3) is 10.0 Å². The molecule has 0 saturated heterocycles. The van der Waals surface area contributed by atoms with Crippen LogP contribution in [0.5, 0.6) is 5.75 Å². The van der Waals surface area contributed by atoms with Crippen LogP contribution in [0.1, 0.15) is 40.2 Å². The van der Waals surface area contributed by atoms with Gasteiger partial charge in [-0.2, -0.15) is 0 Å². The molecule has 1 N–H and O–H groups in total. The molecule has 0 unspecified atom stereocenters. The monoisotopic (exact) mass is 653 g/mol. The van der Waals surface area contributed by atoms with Crippen LogP contribution in [0.3, 0.4) is 0 Å². The van der Waals surface area contributed by atoms with E-state index >= 15 is 0 Å². The van der Waals surface area contributed by atoms with Crippen molar-refractivity contribution in [2.24, 2.45) is 0 Å². The van der Waals surface area contributed by atoms with Gasteiger partial charge in [-0.05, 0) is 95.3 Å². The zero-order chi connectivity index (χ0) is 31.2. The Balaban J connectivity index is 2.08. The molecule has 0 saturated carbocycles. The summed E-state index contributed by atoms with van der Waals surface area (Å²) in [5.41, 5.74) is 0.0796. The minimum absolute atomic E-state index is 0.0622. The molecule has 12 heteroatoms. The van der Waals surface area contributed by atoms with Crippen molar-refractivity contribution in [3.05, 3.63) is 87.4 Å². The summed E-state index contributed by atoms with van der Waals surface area (Å²) in [6.07, 6.45) is 0. The minimum atomic E-state index is -4.25. The fourth-order valence-electron chi connectivity index (χ4n) is 4.05. The molecule has 0 heterocycles. The van der Waals surface area contributed by atoms with Crippen LogP contribution in [-0.2, 0) is 26.2 Å². The third-order valence-electron chi connectivity index (χ3n) is 6.17. The zero-order valence-electron chi connectivity index (χ0n) is 24.0. The highest BCUT2D eigenvalue weighted by Crippen LogP contribution is 2.29. The SMILES string of the molecule is CCOc1ccc(N(CC(=O)N(Cc2c(Cl)cccc2Cl)[C@H](C)C(=O)NC(C)(C)C)S(=O)(=O)c2ccc(Cl)cc2)cc1. The first-order chi connectivity index (χ1) is 19.6. The molecule has 0 bridgehead atoms. The van der Waals surface area contributed by atoms with Crippen LogP contribution < -0.4 is 14.4 Å². The predicted molar refractivity (Wildman–Crippen MR) is 168 cm³/mol. The van der Waals surface area contributed by atoms with E-state index in [-0.39, 0.29) is 17.1 Å². The average molecular weight is 655 g/mol. The molecule has 0 aliphatic rings. The quantitative estimate of drug-likeness (QED) is 0.252. The molecule has 0 aromatic heterocycles. The van der Waals surface area contributed by atoms with Crippen molar-refractivity contribution in [3.63, 3.8) is 0 Å². The van der Waals surface area contributed by atoms with E-state index in [0.717, 1.165) is 4.31 Å². The van der Waals surface area contributed by atoms with Crippen molar-refractivity contribution in [2.45, 2.75) is 57.6 Å². The molecule has 0 aliphatic carbocycles. The lowest BCUT2D eigenvalue weighted by molar-refractivity contribution is -0.140. The van der Waals surface area contributed by atoms with Crippen molar-refractivity contribution >= 4 is 62.3 Å². The lowest BCUT2D eigenvalue weighted by Gasteiger charge is -2.33. The van der Waals surface area contributed by atoms with Gasteiger partial charge in [0, 0.05) is 32.7 Å². The zero-order valence-corrected chi connectivity index (χ0v) is 27.1. The number of hydrogen-bond donors (Lipinski definition) is 1. The third-order valence-corrected chi connectivity index (χ3v) is 8.92. The minimum Gasteiger partial charge on any atom is -0.494 e. The summed E-state index contributed by atoms with van der Waals surface area (Å²) < 4.78 is 34.4. The van der Waals surface area contributed by atoms with Crippen molar-refractivity contribution in [1.29, 1.82) is 0 Å². The van der Waals surface area contributed by atoms with Gasteiger partial charge in [0.1, 0.15) is 18.3 Å². The van der Waals surface area contributed by atoms with Gasteiger partial charge in [-0.1, -0.05) is 40.9 Å². The Bertz CT molecular complexity index is 1490. The molecule has 42 heavy (non-hydrogen) atoms. The Morgan fingerprint density at radius 3 is 2.02 bits per heavy atom. The number of anilines is 1. The molecule has 3 aromatic carbocycles. The Morgan fingerprint density at radius 1 is 0.929 bits per heavy atom. The number of rotatable bonds is 11. The van der Waals surface area contributed by atoms with E-state index in [0.29, 0.717) is 33.0 Å². The Morgan fingerprint density at radius 2 is 1.50 bits per heavy atom. The van der Waals surface area contributed by atoms with Crippen LogP contribution in [0.4, 0.5) is 5.69 Å². The van der Waals surface area contributed by atoms with E-state index in [1.807, 2.05) is 27.7 Å². The van der Waals surface area contributed by atoms with Gasteiger partial charge in [0.05, 0.1) is 17.2 Å². The second-order valence-electron chi connectivity index (χ2n) is 10.5. The molecule has 2 amide bonds. The number of nitrogens with one attached hydrogen (secondary N) is 1. The first kappa shape index (κ1) is 33.5. The molecule has 0 fully saturated rings. The molecular weight excluding hydrogens is 621 g/mol. The van der Waals surface area contributed by atoms with Gasteiger partial charge in [0.15, 0.2) is 0 Å². The maximum atomic E-state index is 14.1. The largest absolute Gasteiger partial charge is 0.494 e. The average Bonchev–Trinajstić information content (AvgIpc) is 2.91. The number of carbonyl (C=O) groups is 2. The van der Waals surface area contributed by atoms with E-state index < -0.39 is 40.0 Å². The number of nitrogens with zero attached hydrogens (tertiary/aromatic N) is 2. The summed E-state index contributed by atoms with van der Waals surface area (Å²) in [7, 11) is -4.25. The molecule has 3 rings (SSSR count). The second kappa shape index (κ2) is 14.0. The fourth-order valence-corrected chi connectivity index (χ4v) is 6.11. The third kappa shape index (κ3) is 8.53. The molecular formula is C30H34Cl3N3O5S. The molecule has 8 nitrogen and oxygen atoms in total. The van der Waals surface area contributed by atoms with E-state index in [4.69, 9.17) is 39.5 Å². The molecule has 226 valence electrons. The maximum absolute atomic E-state index is 14.1. The van der Waals surface area contributed by atoms with Gasteiger partial charge in [-0.3, -0.25) is 13.9 Å². The van der Waals surface area contributed by atoms with Crippen LogP contribution in [0.25, 0.3) is 0 Å². The number of amides is 2. The topological polar surface area (TPSA) is 96.0 Å². The number of sulfonamides is 1. The molecule has 0 spiro atoms. The summed E-state index contributed by atoms with van der Waals surface area (Å²) in [6.45, 7) is 8.55. The van der Waals surface area contributed by atoms with Crippen LogP contribution >= 0.6 is 34.8 Å². The Kier molecular flexibility index (Phi) is 11.2. The molecule has 0 aliphatic heterocycles. The molecule has 3 aromatic rings. The first-order valence-electron chi connectivity index (χ1n) is 13.2. The van der Waals surface area contributed by atoms with Gasteiger partial charge >= 0.3 is 0 Å².